The lowest BCUT2D eigenvalue weighted by Gasteiger charge is -2.29. The van der Waals surface area contributed by atoms with Crippen molar-refractivity contribution in [1.82, 2.24) is 9.97 Å². The molecule has 24 heavy (non-hydrogen) atoms. The maximum absolute atomic E-state index is 4.72. The van der Waals surface area contributed by atoms with Crippen LogP contribution >= 0.6 is 0 Å². The van der Waals surface area contributed by atoms with Crippen molar-refractivity contribution in [2.75, 3.05) is 28.6 Å². The lowest BCUT2D eigenvalue weighted by Crippen LogP contribution is -2.30. The lowest BCUT2D eigenvalue weighted by molar-refractivity contribution is 0.446. The Bertz CT molecular complexity index is 677. The normalized spacial score (nSPS) is 18.1. The van der Waals surface area contributed by atoms with E-state index in [-0.39, 0.29) is 0 Å². The Balaban J connectivity index is 1.50. The van der Waals surface area contributed by atoms with Crippen LogP contribution in [0, 0.1) is 0 Å². The maximum Gasteiger partial charge on any atom is 0.229 e. The zero-order valence-electron chi connectivity index (χ0n) is 14.0. The molecule has 0 amide bonds. The van der Waals surface area contributed by atoms with Crippen molar-refractivity contribution >= 4 is 23.1 Å². The molecule has 2 aromatic rings. The van der Waals surface area contributed by atoms with Crippen LogP contribution in [0.2, 0.25) is 0 Å². The first-order chi connectivity index (χ1) is 11.9. The first-order valence-corrected chi connectivity index (χ1v) is 9.09. The van der Waals surface area contributed by atoms with Crippen LogP contribution in [-0.4, -0.2) is 29.1 Å². The molecule has 4 rings (SSSR count). The molecular formula is C19H25N5. The van der Waals surface area contributed by atoms with Crippen molar-refractivity contribution < 1.29 is 0 Å². The molecule has 1 aromatic heterocycles. The molecule has 2 aliphatic rings. The van der Waals surface area contributed by atoms with E-state index in [4.69, 9.17) is 4.98 Å². The van der Waals surface area contributed by atoms with Crippen molar-refractivity contribution in [2.24, 2.45) is 0 Å². The molecule has 126 valence electrons. The molecule has 2 N–H and O–H groups in total. The number of para-hydroxylation sites is 2. The largest absolute Gasteiger partial charge is 0.381 e. The van der Waals surface area contributed by atoms with Crippen LogP contribution in [-0.2, 0) is 0 Å². The minimum atomic E-state index is 0.605. The van der Waals surface area contributed by atoms with Gasteiger partial charge >= 0.3 is 0 Å². The number of aromatic nitrogens is 2. The van der Waals surface area contributed by atoms with Crippen LogP contribution in [0.25, 0.3) is 0 Å². The second kappa shape index (κ2) is 7.07. The maximum atomic E-state index is 4.72. The molecule has 0 bridgehead atoms. The Morgan fingerprint density at radius 3 is 2.46 bits per heavy atom. The zero-order valence-corrected chi connectivity index (χ0v) is 14.0. The van der Waals surface area contributed by atoms with Gasteiger partial charge < -0.3 is 15.5 Å². The minimum Gasteiger partial charge on any atom is -0.381 e. The molecule has 5 heteroatoms. The van der Waals surface area contributed by atoms with Crippen LogP contribution in [0.4, 0.5) is 23.1 Å². The number of hydrogen-bond acceptors (Lipinski definition) is 5. The third-order valence-corrected chi connectivity index (χ3v) is 4.96. The highest BCUT2D eigenvalue weighted by molar-refractivity contribution is 5.72. The van der Waals surface area contributed by atoms with E-state index < -0.39 is 0 Å². The Labute approximate surface area is 143 Å². The van der Waals surface area contributed by atoms with Gasteiger partial charge in [0.2, 0.25) is 5.95 Å². The van der Waals surface area contributed by atoms with Crippen molar-refractivity contribution in [3.63, 3.8) is 0 Å². The highest BCUT2D eigenvalue weighted by Crippen LogP contribution is 2.29. The Kier molecular flexibility index (Phi) is 4.49. The van der Waals surface area contributed by atoms with Gasteiger partial charge in [0.15, 0.2) is 0 Å². The molecule has 0 atom stereocenters. The zero-order chi connectivity index (χ0) is 16.2. The molecule has 2 fully saturated rings. The second-order valence-electron chi connectivity index (χ2n) is 6.73. The summed E-state index contributed by atoms with van der Waals surface area (Å²) < 4.78 is 0. The molecule has 1 aromatic carbocycles. The van der Waals surface area contributed by atoms with Gasteiger partial charge in [0.25, 0.3) is 0 Å². The van der Waals surface area contributed by atoms with Crippen LogP contribution in [0.3, 0.4) is 0 Å². The van der Waals surface area contributed by atoms with E-state index in [0.29, 0.717) is 12.0 Å². The summed E-state index contributed by atoms with van der Waals surface area (Å²) in [5.74, 6) is 1.69. The number of benzene rings is 1. The number of rotatable bonds is 5. The number of anilines is 4. The molecule has 1 aliphatic heterocycles. The molecule has 1 saturated carbocycles. The molecular weight excluding hydrogens is 298 g/mol. The van der Waals surface area contributed by atoms with E-state index in [2.05, 4.69) is 38.7 Å². The Morgan fingerprint density at radius 1 is 0.917 bits per heavy atom. The summed E-state index contributed by atoms with van der Waals surface area (Å²) in [6.07, 6.45) is 9.52. The molecule has 1 aliphatic carbocycles. The number of hydrogen-bond donors (Lipinski definition) is 2. The first-order valence-electron chi connectivity index (χ1n) is 9.09. The predicted molar refractivity (Wildman–Crippen MR) is 99.1 cm³/mol. The summed E-state index contributed by atoms with van der Waals surface area (Å²) >= 11 is 0. The van der Waals surface area contributed by atoms with Gasteiger partial charge in [0, 0.05) is 25.3 Å². The van der Waals surface area contributed by atoms with Gasteiger partial charge in [0.1, 0.15) is 5.82 Å². The summed E-state index contributed by atoms with van der Waals surface area (Å²) in [6.45, 7) is 2.19. The highest BCUT2D eigenvalue weighted by Gasteiger charge is 2.18. The number of nitrogens with one attached hydrogen (secondary N) is 2. The molecule has 0 spiro atoms. The average molecular weight is 323 g/mol. The smallest absolute Gasteiger partial charge is 0.229 e. The molecule has 0 radical (unpaired) electrons. The van der Waals surface area contributed by atoms with Gasteiger partial charge in [-0.3, -0.25) is 0 Å². The van der Waals surface area contributed by atoms with E-state index in [9.17, 15) is 0 Å². The van der Waals surface area contributed by atoms with E-state index >= 15 is 0 Å². The first kappa shape index (κ1) is 15.2. The van der Waals surface area contributed by atoms with Crippen molar-refractivity contribution in [3.8, 4) is 0 Å². The molecule has 1 saturated heterocycles. The minimum absolute atomic E-state index is 0.605. The van der Waals surface area contributed by atoms with Gasteiger partial charge in [-0.2, -0.15) is 4.98 Å². The van der Waals surface area contributed by atoms with Crippen LogP contribution in [0.15, 0.2) is 36.5 Å². The third kappa shape index (κ3) is 3.45. The number of nitrogens with zero attached hydrogens (tertiary/aromatic N) is 3. The highest BCUT2D eigenvalue weighted by atomic mass is 15.2. The monoisotopic (exact) mass is 323 g/mol. The van der Waals surface area contributed by atoms with E-state index in [0.717, 1.165) is 30.3 Å². The summed E-state index contributed by atoms with van der Waals surface area (Å²) in [7, 11) is 0. The van der Waals surface area contributed by atoms with Crippen LogP contribution in [0.1, 0.15) is 38.5 Å². The average Bonchev–Trinajstić information content (AvgIpc) is 2.60. The predicted octanol–water partition coefficient (Wildman–Crippen LogP) is 4.17. The third-order valence-electron chi connectivity index (χ3n) is 4.96. The summed E-state index contributed by atoms with van der Waals surface area (Å²) in [5.41, 5.74) is 2.18. The fourth-order valence-electron chi connectivity index (χ4n) is 3.32. The quantitative estimate of drug-likeness (QED) is 0.865. The summed E-state index contributed by atoms with van der Waals surface area (Å²) in [5, 5.41) is 7.01. The topological polar surface area (TPSA) is 53.1 Å². The lowest BCUT2D eigenvalue weighted by atomic mass is 9.93. The van der Waals surface area contributed by atoms with Gasteiger partial charge in [-0.25, -0.2) is 4.98 Å². The number of piperidine rings is 1. The van der Waals surface area contributed by atoms with E-state index in [1.54, 1.807) is 0 Å². The molecule has 0 unspecified atom stereocenters. The van der Waals surface area contributed by atoms with Gasteiger partial charge in [-0.1, -0.05) is 12.1 Å². The van der Waals surface area contributed by atoms with Crippen LogP contribution in [0.5, 0.6) is 0 Å². The standard InChI is InChI=1S/C19H25N5/c1-4-13-24(14-5-1)18-11-12-20-19(23-18)22-17-10-3-2-9-16(17)21-15-7-6-8-15/h2-3,9-12,15,21H,1,4-8,13-14H2,(H,20,22,23). The summed E-state index contributed by atoms with van der Waals surface area (Å²) in [4.78, 5) is 11.5. The van der Waals surface area contributed by atoms with E-state index in [1.807, 2.05) is 18.3 Å². The van der Waals surface area contributed by atoms with E-state index in [1.165, 1.54) is 38.5 Å². The van der Waals surface area contributed by atoms with Crippen LogP contribution < -0.4 is 15.5 Å². The fraction of sp³-hybridized carbons (Fsp3) is 0.474. The van der Waals surface area contributed by atoms with Gasteiger partial charge in [-0.05, 0) is 56.7 Å². The Morgan fingerprint density at radius 2 is 1.71 bits per heavy atom. The van der Waals surface area contributed by atoms with Crippen molar-refractivity contribution in [3.05, 3.63) is 36.5 Å². The Hall–Kier alpha value is -2.30. The van der Waals surface area contributed by atoms with Gasteiger partial charge in [-0.15, -0.1) is 0 Å². The molecule has 5 nitrogen and oxygen atoms in total. The van der Waals surface area contributed by atoms with Crippen molar-refractivity contribution in [2.45, 2.75) is 44.6 Å². The van der Waals surface area contributed by atoms with Gasteiger partial charge in [0.05, 0.1) is 11.4 Å². The fourth-order valence-corrected chi connectivity index (χ4v) is 3.32. The van der Waals surface area contributed by atoms with Crippen molar-refractivity contribution in [1.29, 1.82) is 0 Å². The second-order valence-corrected chi connectivity index (χ2v) is 6.73. The summed E-state index contributed by atoms with van der Waals surface area (Å²) in [6, 6.07) is 10.9. The SMILES string of the molecule is c1ccc(NC2CCC2)c(Nc2nccc(N3CCCCC3)n2)c1. The molecule has 2 heterocycles.